The summed E-state index contributed by atoms with van der Waals surface area (Å²) in [5, 5.41) is 35.1. The summed E-state index contributed by atoms with van der Waals surface area (Å²) in [4.78, 5) is 26.2. The lowest BCUT2D eigenvalue weighted by atomic mass is 9.68. The molecule has 2 saturated carbocycles. The molecule has 6 atom stereocenters. The molecule has 4 fully saturated rings. The first-order chi connectivity index (χ1) is 34.7. The van der Waals surface area contributed by atoms with Gasteiger partial charge in [-0.3, -0.25) is 9.98 Å². The fourth-order valence-electron chi connectivity index (χ4n) is 10.7. The standard InChI is InChI=1S/C53H78N12O6/c1-6-56-46(47-15-21-61-51(65(47)3)63-42-11-9-41(10-12-42)57-22-27-66-4)29-38(2)70-37-53(35-55)18-26-69-48(32-53)44-31-43(58-23-28-67-5)8-7-40(44)33-62-50-60-20-14-45(64-50)39-13-19-59-49(30-39)71-36-52(34-54)16-24-68-25-17-52/h6,14-15,20-21,29-30,40-44,47-48,57-58H,2,7-13,16-19,22-28,31-33,36-37H2,1,3-5H3,(H,61,63)(H,60,62,64)/b46-29-,56-6?/t40?,41?,42?,43-,44?,47?,48?,53?/m1/s1. The molecular weight excluding hydrogens is 901 g/mol. The second-order valence-electron chi connectivity index (χ2n) is 19.9. The van der Waals surface area contributed by atoms with Crippen molar-refractivity contribution < 1.29 is 28.4 Å². The Morgan fingerprint density at radius 2 is 1.75 bits per heavy atom. The van der Waals surface area contributed by atoms with Crippen molar-refractivity contribution in [1.29, 1.82) is 10.5 Å². The van der Waals surface area contributed by atoms with Crippen LogP contribution in [-0.4, -0.2) is 157 Å². The number of guanidine groups is 1. The molecule has 386 valence electrons. The van der Waals surface area contributed by atoms with E-state index < -0.39 is 10.8 Å². The van der Waals surface area contributed by atoms with Crippen LogP contribution in [-0.2, 0) is 28.4 Å². The number of nitrogens with zero attached hydrogens (tertiary/aromatic N) is 8. The Hall–Kier alpha value is -5.21. The summed E-state index contributed by atoms with van der Waals surface area (Å²) in [5.74, 6) is 2.76. The normalized spacial score (nSPS) is 29.6. The van der Waals surface area contributed by atoms with Gasteiger partial charge in [0.15, 0.2) is 5.96 Å². The van der Waals surface area contributed by atoms with E-state index in [9.17, 15) is 10.5 Å². The van der Waals surface area contributed by atoms with E-state index in [0.29, 0.717) is 94.9 Å². The second-order valence-corrected chi connectivity index (χ2v) is 19.9. The van der Waals surface area contributed by atoms with E-state index in [4.69, 9.17) is 43.4 Å². The molecule has 18 heteroatoms. The summed E-state index contributed by atoms with van der Waals surface area (Å²) in [7, 11) is 5.49. The number of ether oxygens (including phenoxy) is 6. The fraction of sp³-hybridized carbons (Fsp3) is 0.679. The number of allylic oxidation sites excluding steroid dienone is 1. The number of rotatable bonds is 22. The van der Waals surface area contributed by atoms with Crippen molar-refractivity contribution in [2.45, 2.75) is 114 Å². The van der Waals surface area contributed by atoms with E-state index >= 15 is 0 Å². The van der Waals surface area contributed by atoms with Crippen molar-refractivity contribution in [2.24, 2.45) is 37.6 Å². The predicted octanol–water partition coefficient (Wildman–Crippen LogP) is 5.95. The van der Waals surface area contributed by atoms with Gasteiger partial charge in [0.1, 0.15) is 19.0 Å². The monoisotopic (exact) mass is 979 g/mol. The van der Waals surface area contributed by atoms with Crippen LogP contribution in [0.1, 0.15) is 89.7 Å². The topological polar surface area (TPSA) is 217 Å². The van der Waals surface area contributed by atoms with Crippen LogP contribution in [0.15, 0.2) is 69.7 Å². The summed E-state index contributed by atoms with van der Waals surface area (Å²) in [5.41, 5.74) is 1.28. The number of anilines is 1. The molecule has 1 aromatic rings. The molecule has 2 saturated heterocycles. The summed E-state index contributed by atoms with van der Waals surface area (Å²) in [6.07, 6.45) is 21.5. The zero-order chi connectivity index (χ0) is 49.9. The highest BCUT2D eigenvalue weighted by Crippen LogP contribution is 2.43. The van der Waals surface area contributed by atoms with Crippen molar-refractivity contribution >= 4 is 29.6 Å². The maximum absolute atomic E-state index is 10.9. The second kappa shape index (κ2) is 27.0. The zero-order valence-electron chi connectivity index (χ0n) is 42.6. The Balaban J connectivity index is 0.973. The lowest BCUT2D eigenvalue weighted by molar-refractivity contribution is -0.0939. The number of nitriles is 2. The summed E-state index contributed by atoms with van der Waals surface area (Å²) in [6.45, 7) is 12.5. The van der Waals surface area contributed by atoms with Gasteiger partial charge >= 0.3 is 0 Å². The van der Waals surface area contributed by atoms with Gasteiger partial charge in [-0.1, -0.05) is 6.58 Å². The first-order valence-corrected chi connectivity index (χ1v) is 25.9. The molecule has 5 heterocycles. The first kappa shape index (κ1) is 53.6. The Bertz CT molecular complexity index is 2170. The van der Waals surface area contributed by atoms with Crippen molar-refractivity contribution in [3.8, 4) is 12.1 Å². The molecule has 4 N–H and O–H groups in total. The van der Waals surface area contributed by atoms with Crippen LogP contribution in [0.4, 0.5) is 5.95 Å². The summed E-state index contributed by atoms with van der Waals surface area (Å²) in [6, 6.07) is 7.93. The summed E-state index contributed by atoms with van der Waals surface area (Å²) < 4.78 is 35.3. The van der Waals surface area contributed by atoms with Crippen LogP contribution in [0, 0.1) is 45.3 Å². The maximum Gasteiger partial charge on any atom is 0.223 e. The van der Waals surface area contributed by atoms with Crippen molar-refractivity contribution in [2.75, 3.05) is 99.0 Å². The number of hydrogen-bond acceptors (Lipinski definition) is 16. The smallest absolute Gasteiger partial charge is 0.223 e. The van der Waals surface area contributed by atoms with E-state index in [2.05, 4.69) is 60.9 Å². The molecule has 0 amide bonds. The third-order valence-electron chi connectivity index (χ3n) is 15.1. The highest BCUT2D eigenvalue weighted by atomic mass is 16.5. The minimum Gasteiger partial charge on any atom is -0.492 e. The van der Waals surface area contributed by atoms with E-state index in [1.807, 2.05) is 38.4 Å². The highest BCUT2D eigenvalue weighted by molar-refractivity contribution is 5.96. The number of dihydropyridines is 1. The first-order valence-electron chi connectivity index (χ1n) is 25.9. The molecule has 0 bridgehead atoms. The van der Waals surface area contributed by atoms with Crippen molar-refractivity contribution in [3.63, 3.8) is 0 Å². The molecule has 1 aromatic heterocycles. The summed E-state index contributed by atoms with van der Waals surface area (Å²) >= 11 is 0. The third-order valence-corrected chi connectivity index (χ3v) is 15.1. The van der Waals surface area contributed by atoms with E-state index in [1.165, 1.54) is 0 Å². The Labute approximate surface area is 421 Å². The van der Waals surface area contributed by atoms with Gasteiger partial charge in [0.25, 0.3) is 0 Å². The van der Waals surface area contributed by atoms with Crippen LogP contribution in [0.25, 0.3) is 5.57 Å². The van der Waals surface area contributed by atoms with Gasteiger partial charge in [-0.25, -0.2) is 15.0 Å². The number of hydrogen-bond donors (Lipinski definition) is 4. The number of methoxy groups -OCH3 is 2. The van der Waals surface area contributed by atoms with Crippen LogP contribution < -0.4 is 21.3 Å². The minimum absolute atomic E-state index is 0.151. The lowest BCUT2D eigenvalue weighted by Crippen LogP contribution is -2.49. The largest absolute Gasteiger partial charge is 0.492 e. The molecule has 6 aliphatic rings. The molecule has 4 aliphatic heterocycles. The van der Waals surface area contributed by atoms with Crippen LogP contribution >= 0.6 is 0 Å². The average molecular weight is 979 g/mol. The van der Waals surface area contributed by atoms with Gasteiger partial charge in [0.05, 0.1) is 65.8 Å². The Morgan fingerprint density at radius 1 is 1.00 bits per heavy atom. The number of nitrogens with one attached hydrogen (secondary N) is 4. The molecule has 0 aromatic carbocycles. The molecule has 7 rings (SSSR count). The Morgan fingerprint density at radius 3 is 2.49 bits per heavy atom. The van der Waals surface area contributed by atoms with E-state index in [1.54, 1.807) is 26.6 Å². The van der Waals surface area contributed by atoms with Crippen molar-refractivity contribution in [3.05, 3.63) is 60.4 Å². The number of aliphatic imine (C=N–C) groups is 3. The zero-order valence-corrected chi connectivity index (χ0v) is 42.6. The van der Waals surface area contributed by atoms with Crippen molar-refractivity contribution in [1.82, 2.24) is 30.8 Å². The maximum atomic E-state index is 10.9. The number of likely N-dealkylation sites (N-methyl/N-ethyl adjacent to an activating group) is 1. The Kier molecular flexibility index (Phi) is 20.4. The fourth-order valence-corrected chi connectivity index (χ4v) is 10.7. The molecule has 0 radical (unpaired) electrons. The van der Waals surface area contributed by atoms with E-state index in [0.717, 1.165) is 94.0 Å². The molecular formula is C53H78N12O6. The van der Waals surface area contributed by atoms with Gasteiger partial charge in [0.2, 0.25) is 11.8 Å². The third kappa shape index (κ3) is 15.2. The van der Waals surface area contributed by atoms with Crippen LogP contribution in [0.2, 0.25) is 0 Å². The molecule has 18 nitrogen and oxygen atoms in total. The van der Waals surface area contributed by atoms with Gasteiger partial charge < -0.3 is 54.6 Å². The SMILES string of the molecule is C=C(/C=C(\N=CC)C1C=CNC(=NC2CCC(NCCOC)CC2)N1C)OCC1(C#N)CCOC(C2C[C@H](NCCOC)CCC2CNc2nccc(C3=CC(OCC4(C#N)CCOCC4)=NCC3)n2)C1. The average Bonchev–Trinajstić information content (AvgIpc) is 3.41. The van der Waals surface area contributed by atoms with Gasteiger partial charge in [0, 0.05) is 110 Å². The molecule has 0 spiro atoms. The van der Waals surface area contributed by atoms with Crippen LogP contribution in [0.5, 0.6) is 0 Å². The van der Waals surface area contributed by atoms with Crippen LogP contribution in [0.3, 0.4) is 0 Å². The molecule has 71 heavy (non-hydrogen) atoms. The minimum atomic E-state index is -0.761. The van der Waals surface area contributed by atoms with Gasteiger partial charge in [-0.05, 0) is 114 Å². The van der Waals surface area contributed by atoms with Gasteiger partial charge in [-0.15, -0.1) is 0 Å². The molecule has 5 unspecified atom stereocenters. The quantitative estimate of drug-likeness (QED) is 0.0457. The van der Waals surface area contributed by atoms with Gasteiger partial charge in [-0.2, -0.15) is 10.5 Å². The lowest BCUT2D eigenvalue weighted by Gasteiger charge is -2.45. The van der Waals surface area contributed by atoms with E-state index in [-0.39, 0.29) is 43.2 Å². The molecule has 2 aliphatic carbocycles. The number of aromatic nitrogens is 2. The highest BCUT2D eigenvalue weighted by Gasteiger charge is 2.45. The predicted molar refractivity (Wildman–Crippen MR) is 276 cm³/mol.